The minimum Gasteiger partial charge on any atom is -0.546 e. The van der Waals surface area contributed by atoms with Crippen molar-refractivity contribution < 1.29 is 57.7 Å². The molecule has 0 spiro atoms. The van der Waals surface area contributed by atoms with Gasteiger partial charge in [-0.05, 0) is 66.6 Å². The predicted molar refractivity (Wildman–Crippen MR) is 120 cm³/mol. The molecule has 0 aliphatic heterocycles. The van der Waals surface area contributed by atoms with Gasteiger partial charge in [0, 0.05) is 17.8 Å². The number of carbonyl (C=O) groups excluding carboxylic acids is 1. The van der Waals surface area contributed by atoms with Crippen molar-refractivity contribution in [3.63, 3.8) is 0 Å². The number of benzene rings is 2. The Morgan fingerprint density at radius 1 is 1.15 bits per heavy atom. The Morgan fingerprint density at radius 2 is 1.88 bits per heavy atom. The molecule has 8 nitrogen and oxygen atoms in total. The van der Waals surface area contributed by atoms with Crippen LogP contribution in [0.5, 0.6) is 5.75 Å². The third-order valence-corrected chi connectivity index (χ3v) is 6.65. The molecular weight excluding hydrogens is 491 g/mol. The van der Waals surface area contributed by atoms with E-state index >= 15 is 0 Å². The fourth-order valence-electron chi connectivity index (χ4n) is 3.00. The van der Waals surface area contributed by atoms with Crippen molar-refractivity contribution in [3.05, 3.63) is 83.0 Å². The van der Waals surface area contributed by atoms with Crippen molar-refractivity contribution in [2.24, 2.45) is 0 Å². The molecule has 0 aliphatic rings. The van der Waals surface area contributed by atoms with Crippen molar-refractivity contribution in [1.29, 1.82) is 0 Å². The number of rotatable bonds is 11. The Bertz CT molecular complexity index is 1190. The van der Waals surface area contributed by atoms with Gasteiger partial charge in [-0.2, -0.15) is 0 Å². The van der Waals surface area contributed by atoms with E-state index in [4.69, 9.17) is 16.3 Å². The smallest absolute Gasteiger partial charge is 0.546 e. The van der Waals surface area contributed by atoms with Crippen LogP contribution in [0.2, 0.25) is 5.02 Å². The number of carbonyl (C=O) groups is 1. The van der Waals surface area contributed by atoms with Crippen LogP contribution in [0.15, 0.2) is 76.8 Å². The minimum absolute atomic E-state index is 0. The number of aliphatic hydroxyl groups is 1. The zero-order chi connectivity index (χ0) is 23.8. The summed E-state index contributed by atoms with van der Waals surface area (Å²) in [7, 11) is -3.83. The Morgan fingerprint density at radius 3 is 2.50 bits per heavy atom. The van der Waals surface area contributed by atoms with Crippen LogP contribution in [0, 0.1) is 0 Å². The van der Waals surface area contributed by atoms with Crippen molar-refractivity contribution in [2.45, 2.75) is 22.4 Å². The fraction of sp³-hybridized carbons (Fsp3) is 0.217. The average molecular weight is 513 g/mol. The van der Waals surface area contributed by atoms with Crippen LogP contribution >= 0.6 is 11.6 Å². The maximum absolute atomic E-state index is 12.8. The summed E-state index contributed by atoms with van der Waals surface area (Å²) < 4.78 is 30.5. The largest absolute Gasteiger partial charge is 1.00 e. The van der Waals surface area contributed by atoms with Crippen LogP contribution in [-0.4, -0.2) is 44.2 Å². The Hall–Kier alpha value is -1.98. The molecule has 0 aliphatic carbocycles. The second kappa shape index (κ2) is 13.2. The fourth-order valence-corrected chi connectivity index (χ4v) is 4.37. The molecule has 2 aromatic carbocycles. The van der Waals surface area contributed by atoms with Gasteiger partial charge in [-0.15, -0.1) is 0 Å². The van der Waals surface area contributed by atoms with Crippen LogP contribution < -0.4 is 44.7 Å². The molecule has 1 heterocycles. The van der Waals surface area contributed by atoms with E-state index in [1.165, 1.54) is 36.5 Å². The van der Waals surface area contributed by atoms with Crippen molar-refractivity contribution in [2.75, 3.05) is 19.7 Å². The van der Waals surface area contributed by atoms with Crippen molar-refractivity contribution >= 4 is 27.4 Å². The number of ether oxygens (including phenoxy) is 1. The Balaban J connectivity index is 0.00000408. The zero-order valence-corrected chi connectivity index (χ0v) is 22.1. The third kappa shape index (κ3) is 8.06. The maximum atomic E-state index is 12.8. The molecule has 0 fully saturated rings. The van der Waals surface area contributed by atoms with Crippen LogP contribution in [0.4, 0.5) is 0 Å². The summed E-state index contributed by atoms with van der Waals surface area (Å²) in [6, 6.07) is 15.5. The molecule has 1 aromatic heterocycles. The number of aliphatic hydroxyl groups excluding tert-OH is 1. The van der Waals surface area contributed by atoms with Crippen LogP contribution in [0.1, 0.15) is 17.2 Å². The number of sulfone groups is 1. The summed E-state index contributed by atoms with van der Waals surface area (Å²) in [6.07, 6.45) is 1.41. The minimum atomic E-state index is -3.83. The number of hydrogen-bond acceptors (Lipinski definition) is 8. The molecule has 3 aromatic rings. The first-order chi connectivity index (χ1) is 15.8. The van der Waals surface area contributed by atoms with Gasteiger partial charge in [0.25, 0.3) is 0 Å². The molecule has 3 rings (SSSR count). The first-order valence-electron chi connectivity index (χ1n) is 10.0. The van der Waals surface area contributed by atoms with E-state index in [0.29, 0.717) is 24.5 Å². The van der Waals surface area contributed by atoms with Gasteiger partial charge in [-0.25, -0.2) is 13.4 Å². The van der Waals surface area contributed by atoms with Crippen LogP contribution in [0.25, 0.3) is 0 Å². The van der Waals surface area contributed by atoms with E-state index in [0.717, 1.165) is 11.1 Å². The van der Waals surface area contributed by atoms with Gasteiger partial charge in [0.15, 0.2) is 5.03 Å². The summed E-state index contributed by atoms with van der Waals surface area (Å²) in [5, 5.41) is 24.3. The van der Waals surface area contributed by atoms with E-state index in [9.17, 15) is 23.4 Å². The van der Waals surface area contributed by atoms with Gasteiger partial charge >= 0.3 is 29.6 Å². The second-order valence-corrected chi connectivity index (χ2v) is 9.50. The number of carboxylic acids is 1. The number of aromatic nitrogens is 1. The molecule has 0 radical (unpaired) electrons. The van der Waals surface area contributed by atoms with Crippen LogP contribution in [-0.2, 0) is 21.1 Å². The number of hydrogen-bond donors (Lipinski definition) is 2. The standard InChI is InChI=1S/C23H23ClN2O6S.Na/c24-18-3-1-2-17(12-18)21(27)14-25-11-10-16-4-9-22(26-13-16)33(30,31)20-7-5-19(6-8-20)32-15-23(28)29;/h1-9,12-13,21,25,27H,10-11,14-15H2,(H,28,29);/q;+1/p-1/t21-;/m0./s1. The van der Waals surface area contributed by atoms with Gasteiger partial charge in [0.2, 0.25) is 9.84 Å². The molecule has 0 amide bonds. The molecule has 11 heteroatoms. The first kappa shape index (κ1) is 28.3. The Labute approximate surface area is 225 Å². The van der Waals surface area contributed by atoms with Gasteiger partial charge in [-0.3, -0.25) is 0 Å². The van der Waals surface area contributed by atoms with Gasteiger partial charge in [-0.1, -0.05) is 29.8 Å². The van der Waals surface area contributed by atoms with Crippen LogP contribution in [0.3, 0.4) is 0 Å². The quantitative estimate of drug-likeness (QED) is 0.236. The predicted octanol–water partition coefficient (Wildman–Crippen LogP) is -1.43. The molecule has 0 unspecified atom stereocenters. The maximum Gasteiger partial charge on any atom is 1.00 e. The van der Waals surface area contributed by atoms with Gasteiger partial charge in [0.1, 0.15) is 12.4 Å². The summed E-state index contributed by atoms with van der Waals surface area (Å²) in [4.78, 5) is 14.5. The molecule has 0 bridgehead atoms. The summed E-state index contributed by atoms with van der Waals surface area (Å²) in [5.74, 6) is -1.15. The summed E-state index contributed by atoms with van der Waals surface area (Å²) in [5.41, 5.74) is 1.56. The number of nitrogens with zero attached hydrogens (tertiary/aromatic N) is 1. The normalized spacial score (nSPS) is 11.9. The van der Waals surface area contributed by atoms with E-state index in [2.05, 4.69) is 10.3 Å². The van der Waals surface area contributed by atoms with E-state index in [1.807, 2.05) is 0 Å². The van der Waals surface area contributed by atoms with Crippen molar-refractivity contribution in [1.82, 2.24) is 10.3 Å². The van der Waals surface area contributed by atoms with E-state index in [-0.39, 0.29) is 45.2 Å². The van der Waals surface area contributed by atoms with Gasteiger partial charge in [0.05, 0.1) is 17.0 Å². The number of pyridine rings is 1. The molecule has 2 N–H and O–H groups in total. The molecular formula is C23H22ClN2NaO6S. The first-order valence-corrected chi connectivity index (χ1v) is 11.9. The van der Waals surface area contributed by atoms with Crippen molar-refractivity contribution in [3.8, 4) is 5.75 Å². The van der Waals surface area contributed by atoms with E-state index in [1.54, 1.807) is 30.3 Å². The molecule has 174 valence electrons. The monoisotopic (exact) mass is 512 g/mol. The zero-order valence-electron chi connectivity index (χ0n) is 18.5. The SMILES string of the molecule is O=C([O-])COc1ccc(S(=O)(=O)c2ccc(CCNC[C@H](O)c3cccc(Cl)c3)cn2)cc1.[Na+]. The number of aliphatic carboxylic acids is 1. The topological polar surface area (TPSA) is 129 Å². The number of nitrogens with one attached hydrogen (secondary N) is 1. The Kier molecular flexibility index (Phi) is 11.0. The number of halogens is 1. The molecule has 0 saturated carbocycles. The molecule has 0 saturated heterocycles. The summed E-state index contributed by atoms with van der Waals surface area (Å²) >= 11 is 5.94. The third-order valence-electron chi connectivity index (χ3n) is 4.73. The van der Waals surface area contributed by atoms with E-state index < -0.39 is 28.5 Å². The number of carboxylic acid groups (broad SMARTS) is 1. The van der Waals surface area contributed by atoms with Gasteiger partial charge < -0.3 is 25.1 Å². The second-order valence-electron chi connectivity index (χ2n) is 7.17. The molecule has 34 heavy (non-hydrogen) atoms. The molecule has 1 atom stereocenters. The summed E-state index contributed by atoms with van der Waals surface area (Å²) in [6.45, 7) is 0.297. The average Bonchev–Trinajstić information content (AvgIpc) is 2.81.